The lowest BCUT2D eigenvalue weighted by atomic mass is 9.47. The van der Waals surface area contributed by atoms with Crippen LogP contribution < -0.4 is 0 Å². The van der Waals surface area contributed by atoms with Crippen LogP contribution in [0.1, 0.15) is 76.8 Å². The minimum Gasteiger partial charge on any atom is -0.393 e. The highest BCUT2D eigenvalue weighted by Gasteiger charge is 2.59. The number of benzene rings is 1. The number of hydrogen-bond acceptors (Lipinski definition) is 2. The molecule has 0 unspecified atom stereocenters. The van der Waals surface area contributed by atoms with Gasteiger partial charge in [-0.3, -0.25) is 0 Å². The summed E-state index contributed by atoms with van der Waals surface area (Å²) < 4.78 is 0. The molecular weight excluding hydrogens is 380 g/mol. The topological polar surface area (TPSA) is 48.9 Å². The molecule has 31 heavy (non-hydrogen) atoms. The second kappa shape index (κ2) is 7.07. The number of nitrogens with zero attached hydrogens (tertiary/aromatic N) is 1. The lowest BCUT2D eigenvalue weighted by Gasteiger charge is -2.58. The highest BCUT2D eigenvalue weighted by atomic mass is 16.3. The van der Waals surface area contributed by atoms with Crippen LogP contribution in [0.4, 0.5) is 0 Å². The fraction of sp³-hybridized carbons (Fsp3) is 0.607. The Morgan fingerprint density at radius 2 is 1.84 bits per heavy atom. The number of rotatable bonds is 2. The molecule has 2 N–H and O–H groups in total. The molecule has 3 heteroatoms. The highest BCUT2D eigenvalue weighted by Crippen LogP contribution is 2.67. The Kier molecular flexibility index (Phi) is 4.51. The van der Waals surface area contributed by atoms with Crippen molar-refractivity contribution in [3.63, 3.8) is 0 Å². The lowest BCUT2D eigenvalue weighted by molar-refractivity contribution is -0.0412. The van der Waals surface area contributed by atoms with E-state index in [1.807, 2.05) is 0 Å². The average Bonchev–Trinajstić information content (AvgIpc) is 3.39. The van der Waals surface area contributed by atoms with Gasteiger partial charge in [0, 0.05) is 23.4 Å². The highest BCUT2D eigenvalue weighted by molar-refractivity contribution is 5.55. The van der Waals surface area contributed by atoms with Crippen molar-refractivity contribution in [1.82, 2.24) is 9.97 Å². The first kappa shape index (κ1) is 19.8. The van der Waals surface area contributed by atoms with Crippen LogP contribution in [0.2, 0.25) is 0 Å². The minimum absolute atomic E-state index is 0.111. The maximum absolute atomic E-state index is 10.2. The number of imidazole rings is 1. The average molecular weight is 417 g/mol. The molecule has 2 aromatic rings. The second-order valence-electron chi connectivity index (χ2n) is 11.4. The van der Waals surface area contributed by atoms with Crippen LogP contribution in [0.3, 0.4) is 0 Å². The molecule has 164 valence electrons. The van der Waals surface area contributed by atoms with Crippen LogP contribution in [-0.2, 0) is 0 Å². The molecule has 1 aromatic heterocycles. The summed E-state index contributed by atoms with van der Waals surface area (Å²) in [6, 6.07) is 10.5. The van der Waals surface area contributed by atoms with E-state index in [1.165, 1.54) is 49.8 Å². The minimum atomic E-state index is -0.111. The largest absolute Gasteiger partial charge is 0.393 e. The standard InChI is InChI=1S/C28H36N2O/c1-27-14-12-20(31)16-19(27)8-9-21-22-10-11-24(28(22,2)15-13-23(21)27)25-17-29-26(30-25)18-6-4-3-5-7-18/h3-8,17,20-24,31H,9-16H2,1-2H3,(H,29,30)/t20-,21-,22-,23-,24+,27-,28-/m0/s1. The van der Waals surface area contributed by atoms with E-state index in [2.05, 4.69) is 61.4 Å². The molecule has 0 aliphatic heterocycles. The van der Waals surface area contributed by atoms with Crippen molar-refractivity contribution in [2.75, 3.05) is 0 Å². The quantitative estimate of drug-likeness (QED) is 0.550. The van der Waals surface area contributed by atoms with Crippen LogP contribution in [0, 0.1) is 28.6 Å². The van der Waals surface area contributed by atoms with Crippen molar-refractivity contribution in [3.8, 4) is 11.4 Å². The number of H-pyrrole nitrogens is 1. The SMILES string of the molecule is C[C@]12CC[C@H]3[C@@H](CC=C4C[C@@H](O)CC[C@@]43C)[C@@H]1CC[C@@H]2c1cnc(-c2ccccc2)[nH]1. The van der Waals surface area contributed by atoms with E-state index in [0.717, 1.165) is 36.4 Å². The van der Waals surface area contributed by atoms with Crippen molar-refractivity contribution in [2.45, 2.75) is 77.2 Å². The van der Waals surface area contributed by atoms with E-state index in [0.29, 0.717) is 16.7 Å². The predicted octanol–water partition coefficient (Wildman–Crippen LogP) is 6.48. The summed E-state index contributed by atoms with van der Waals surface area (Å²) in [5.41, 5.74) is 4.80. The van der Waals surface area contributed by atoms with Gasteiger partial charge in [-0.15, -0.1) is 0 Å². The van der Waals surface area contributed by atoms with Crippen LogP contribution in [0.5, 0.6) is 0 Å². The summed E-state index contributed by atoms with van der Waals surface area (Å²) in [7, 11) is 0. The van der Waals surface area contributed by atoms with Crippen molar-refractivity contribution in [2.24, 2.45) is 28.6 Å². The Morgan fingerprint density at radius 3 is 2.68 bits per heavy atom. The molecule has 3 saturated carbocycles. The smallest absolute Gasteiger partial charge is 0.137 e. The second-order valence-corrected chi connectivity index (χ2v) is 11.4. The van der Waals surface area contributed by atoms with Crippen LogP contribution in [0.15, 0.2) is 48.2 Å². The Labute approximate surface area is 186 Å². The number of allylic oxidation sites excluding steroid dienone is 1. The summed E-state index contributed by atoms with van der Waals surface area (Å²) in [4.78, 5) is 8.47. The van der Waals surface area contributed by atoms with E-state index in [1.54, 1.807) is 5.57 Å². The van der Waals surface area contributed by atoms with Crippen molar-refractivity contribution in [3.05, 3.63) is 53.9 Å². The molecule has 7 atom stereocenters. The molecule has 0 amide bonds. The molecule has 6 rings (SSSR count). The third-order valence-electron chi connectivity index (χ3n) is 10.1. The van der Waals surface area contributed by atoms with Crippen LogP contribution in [-0.4, -0.2) is 21.2 Å². The van der Waals surface area contributed by atoms with E-state index in [4.69, 9.17) is 4.98 Å². The first-order valence-electron chi connectivity index (χ1n) is 12.5. The molecule has 0 bridgehead atoms. The van der Waals surface area contributed by atoms with Gasteiger partial charge in [-0.05, 0) is 80.0 Å². The van der Waals surface area contributed by atoms with Crippen molar-refractivity contribution >= 4 is 0 Å². The van der Waals surface area contributed by atoms with Crippen molar-refractivity contribution < 1.29 is 5.11 Å². The fourth-order valence-corrected chi connectivity index (χ4v) is 8.41. The van der Waals surface area contributed by atoms with Gasteiger partial charge in [0.1, 0.15) is 5.82 Å². The molecule has 3 nitrogen and oxygen atoms in total. The predicted molar refractivity (Wildman–Crippen MR) is 124 cm³/mol. The summed E-state index contributed by atoms with van der Waals surface area (Å²) >= 11 is 0. The maximum Gasteiger partial charge on any atom is 0.137 e. The van der Waals surface area contributed by atoms with Gasteiger partial charge >= 0.3 is 0 Å². The van der Waals surface area contributed by atoms with E-state index >= 15 is 0 Å². The first-order chi connectivity index (χ1) is 15.0. The van der Waals surface area contributed by atoms with Crippen LogP contribution in [0.25, 0.3) is 11.4 Å². The molecule has 0 saturated heterocycles. The molecule has 4 aliphatic carbocycles. The maximum atomic E-state index is 10.2. The number of hydrogen-bond donors (Lipinski definition) is 2. The van der Waals surface area contributed by atoms with Gasteiger partial charge in [-0.1, -0.05) is 55.8 Å². The molecule has 3 fully saturated rings. The van der Waals surface area contributed by atoms with E-state index < -0.39 is 0 Å². The number of aromatic nitrogens is 2. The zero-order valence-corrected chi connectivity index (χ0v) is 19.0. The zero-order valence-electron chi connectivity index (χ0n) is 19.0. The Balaban J connectivity index is 1.29. The zero-order chi connectivity index (χ0) is 21.2. The fourth-order valence-electron chi connectivity index (χ4n) is 8.41. The molecule has 1 heterocycles. The summed E-state index contributed by atoms with van der Waals surface area (Å²) in [5.74, 6) is 4.02. The molecular formula is C28H36N2O. The van der Waals surface area contributed by atoms with E-state index in [-0.39, 0.29) is 6.10 Å². The number of nitrogens with one attached hydrogen (secondary N) is 1. The summed E-state index contributed by atoms with van der Waals surface area (Å²) in [6.07, 6.45) is 14.2. The Hall–Kier alpha value is -1.87. The van der Waals surface area contributed by atoms with Gasteiger partial charge < -0.3 is 10.1 Å². The van der Waals surface area contributed by atoms with E-state index in [9.17, 15) is 5.11 Å². The number of fused-ring (bicyclic) bond motifs is 5. The molecule has 0 spiro atoms. The van der Waals surface area contributed by atoms with Gasteiger partial charge in [-0.25, -0.2) is 4.98 Å². The number of aliphatic hydroxyl groups excluding tert-OH is 1. The van der Waals surface area contributed by atoms with Gasteiger partial charge in [-0.2, -0.15) is 0 Å². The van der Waals surface area contributed by atoms with Gasteiger partial charge in [0.05, 0.1) is 6.10 Å². The lowest BCUT2D eigenvalue weighted by Crippen LogP contribution is -2.50. The van der Waals surface area contributed by atoms with Gasteiger partial charge in [0.15, 0.2) is 0 Å². The Bertz CT molecular complexity index is 993. The third kappa shape index (κ3) is 2.92. The third-order valence-corrected chi connectivity index (χ3v) is 10.1. The van der Waals surface area contributed by atoms with Gasteiger partial charge in [0.25, 0.3) is 0 Å². The first-order valence-corrected chi connectivity index (χ1v) is 12.5. The monoisotopic (exact) mass is 416 g/mol. The number of aromatic amines is 1. The van der Waals surface area contributed by atoms with Gasteiger partial charge in [0.2, 0.25) is 0 Å². The normalized spacial score (nSPS) is 41.8. The number of aliphatic hydroxyl groups is 1. The molecule has 4 aliphatic rings. The summed E-state index contributed by atoms with van der Waals surface area (Å²) in [5, 5.41) is 10.2. The van der Waals surface area contributed by atoms with Crippen LogP contribution >= 0.6 is 0 Å². The Morgan fingerprint density at radius 1 is 1.00 bits per heavy atom. The van der Waals surface area contributed by atoms with Crippen molar-refractivity contribution in [1.29, 1.82) is 0 Å². The summed E-state index contributed by atoms with van der Waals surface area (Å²) in [6.45, 7) is 5.11. The molecule has 1 aromatic carbocycles. The molecule has 0 radical (unpaired) electrons.